The highest BCUT2D eigenvalue weighted by Gasteiger charge is 2.39. The molecule has 102 valence electrons. The molecule has 2 unspecified atom stereocenters. The third-order valence-electron chi connectivity index (χ3n) is 3.13. The zero-order valence-corrected chi connectivity index (χ0v) is 14.7. The molecule has 4 heteroatoms. The molecule has 0 saturated heterocycles. The summed E-state index contributed by atoms with van der Waals surface area (Å²) in [6, 6.07) is 0. The highest BCUT2D eigenvalue weighted by atomic mass is 28.4. The average molecular weight is 275 g/mol. The van der Waals surface area contributed by atoms with Gasteiger partial charge in [-0.1, -0.05) is 13.3 Å². The summed E-state index contributed by atoms with van der Waals surface area (Å²) in [6.07, 6.45) is 4.39. The summed E-state index contributed by atoms with van der Waals surface area (Å²) in [5, 5.41) is 0. The normalized spacial score (nSPS) is 30.9. The molecule has 0 aliphatic heterocycles. The maximum atomic E-state index is 6.33. The Bertz CT molecular complexity index is 219. The highest BCUT2D eigenvalue weighted by molar-refractivity contribution is 6.70. The first-order chi connectivity index (χ1) is 7.61. The fraction of sp³-hybridized carbons (Fsp3) is 1.00. The van der Waals surface area contributed by atoms with Gasteiger partial charge in [-0.05, 0) is 58.0 Å². The van der Waals surface area contributed by atoms with Crippen LogP contribution in [0.5, 0.6) is 0 Å². The van der Waals surface area contributed by atoms with Crippen molar-refractivity contribution in [3.8, 4) is 0 Å². The highest BCUT2D eigenvalue weighted by Crippen LogP contribution is 2.35. The van der Waals surface area contributed by atoms with Gasteiger partial charge in [0.15, 0.2) is 16.6 Å². The second kappa shape index (κ2) is 5.55. The van der Waals surface area contributed by atoms with Gasteiger partial charge >= 0.3 is 0 Å². The Morgan fingerprint density at radius 1 is 0.824 bits per heavy atom. The van der Waals surface area contributed by atoms with Gasteiger partial charge in [-0.3, -0.25) is 0 Å². The van der Waals surface area contributed by atoms with Gasteiger partial charge in [0.05, 0.1) is 12.2 Å². The van der Waals surface area contributed by atoms with E-state index in [1.807, 2.05) is 0 Å². The maximum Gasteiger partial charge on any atom is 0.184 e. The van der Waals surface area contributed by atoms with Gasteiger partial charge in [0.25, 0.3) is 0 Å². The van der Waals surface area contributed by atoms with Crippen LogP contribution in [0.25, 0.3) is 0 Å². The van der Waals surface area contributed by atoms with Crippen LogP contribution in [0.4, 0.5) is 0 Å². The van der Waals surface area contributed by atoms with Crippen molar-refractivity contribution < 1.29 is 8.85 Å². The molecule has 1 aliphatic carbocycles. The van der Waals surface area contributed by atoms with Crippen LogP contribution in [0, 0.1) is 5.92 Å². The van der Waals surface area contributed by atoms with Crippen LogP contribution in [0.2, 0.25) is 39.3 Å². The van der Waals surface area contributed by atoms with Crippen molar-refractivity contribution in [1.82, 2.24) is 0 Å². The lowest BCUT2D eigenvalue weighted by Gasteiger charge is -2.31. The third-order valence-corrected chi connectivity index (χ3v) is 5.15. The maximum absolute atomic E-state index is 6.33. The van der Waals surface area contributed by atoms with E-state index in [1.54, 1.807) is 0 Å². The van der Waals surface area contributed by atoms with E-state index >= 15 is 0 Å². The Morgan fingerprint density at radius 2 is 1.18 bits per heavy atom. The van der Waals surface area contributed by atoms with Crippen molar-refractivity contribution in [1.29, 1.82) is 0 Å². The largest absolute Gasteiger partial charge is 0.412 e. The average Bonchev–Trinajstić information content (AvgIpc) is 2.42. The van der Waals surface area contributed by atoms with E-state index in [4.69, 9.17) is 8.85 Å². The van der Waals surface area contributed by atoms with Gasteiger partial charge in [0, 0.05) is 0 Å². The molecule has 0 aromatic heterocycles. The van der Waals surface area contributed by atoms with Gasteiger partial charge in [0.1, 0.15) is 0 Å². The Kier molecular flexibility index (Phi) is 5.03. The van der Waals surface area contributed by atoms with E-state index < -0.39 is 16.6 Å². The van der Waals surface area contributed by atoms with Crippen LogP contribution < -0.4 is 0 Å². The first kappa shape index (κ1) is 15.4. The molecule has 0 aromatic carbocycles. The third kappa shape index (κ3) is 5.68. The molecule has 1 rings (SSSR count). The molecule has 1 fully saturated rings. The SMILES string of the molecule is CCC1CC(O[Si](C)(C)C)C(O[Si](C)(C)C)C1. The van der Waals surface area contributed by atoms with E-state index in [0.29, 0.717) is 12.2 Å². The van der Waals surface area contributed by atoms with Crippen LogP contribution in [-0.4, -0.2) is 28.8 Å². The van der Waals surface area contributed by atoms with Crippen molar-refractivity contribution in [3.05, 3.63) is 0 Å². The number of hydrogen-bond donors (Lipinski definition) is 0. The van der Waals surface area contributed by atoms with Crippen molar-refractivity contribution in [2.24, 2.45) is 5.92 Å². The minimum Gasteiger partial charge on any atom is -0.412 e. The molecule has 0 heterocycles. The fourth-order valence-electron chi connectivity index (χ4n) is 2.55. The lowest BCUT2D eigenvalue weighted by molar-refractivity contribution is 0.0679. The summed E-state index contributed by atoms with van der Waals surface area (Å²) < 4.78 is 12.7. The van der Waals surface area contributed by atoms with Crippen LogP contribution in [0.15, 0.2) is 0 Å². The van der Waals surface area contributed by atoms with Gasteiger partial charge < -0.3 is 8.85 Å². The lowest BCUT2D eigenvalue weighted by Crippen LogP contribution is -2.41. The zero-order valence-electron chi connectivity index (χ0n) is 12.7. The first-order valence-corrected chi connectivity index (χ1v) is 13.8. The molecular weight excluding hydrogens is 244 g/mol. The number of rotatable bonds is 5. The predicted octanol–water partition coefficient (Wildman–Crippen LogP) is 4.25. The van der Waals surface area contributed by atoms with Crippen LogP contribution in [-0.2, 0) is 8.85 Å². The first-order valence-electron chi connectivity index (χ1n) is 6.96. The molecule has 1 saturated carbocycles. The smallest absolute Gasteiger partial charge is 0.184 e. The van der Waals surface area contributed by atoms with Crippen molar-refractivity contribution in [2.75, 3.05) is 0 Å². The Labute approximate surface area is 109 Å². The van der Waals surface area contributed by atoms with E-state index in [2.05, 4.69) is 46.2 Å². The molecule has 2 atom stereocenters. The molecule has 2 nitrogen and oxygen atoms in total. The molecule has 0 spiro atoms. The van der Waals surface area contributed by atoms with Gasteiger partial charge in [-0.2, -0.15) is 0 Å². The standard InChI is InChI=1S/C13H30O2Si2/c1-8-11-9-12(14-16(2,3)4)13(10-11)15-17(5,6)7/h11-13H,8-10H2,1-7H3. The summed E-state index contributed by atoms with van der Waals surface area (Å²) >= 11 is 0. The molecular formula is C13H30O2Si2. The van der Waals surface area contributed by atoms with Crippen molar-refractivity contribution in [2.45, 2.75) is 77.7 Å². The Hall–Kier alpha value is 0.354. The molecule has 17 heavy (non-hydrogen) atoms. The second-order valence-electron chi connectivity index (χ2n) is 7.28. The summed E-state index contributed by atoms with van der Waals surface area (Å²) in [4.78, 5) is 0. The molecule has 1 aliphatic rings. The van der Waals surface area contributed by atoms with Gasteiger partial charge in [-0.15, -0.1) is 0 Å². The van der Waals surface area contributed by atoms with E-state index in [1.165, 1.54) is 19.3 Å². The summed E-state index contributed by atoms with van der Waals surface area (Å²) in [7, 11) is -2.89. The Balaban J connectivity index is 2.64. The van der Waals surface area contributed by atoms with Crippen LogP contribution in [0.3, 0.4) is 0 Å². The Morgan fingerprint density at radius 3 is 1.41 bits per heavy atom. The molecule has 0 bridgehead atoms. The lowest BCUT2D eigenvalue weighted by atomic mass is 10.1. The minimum atomic E-state index is -1.45. The molecule has 0 radical (unpaired) electrons. The monoisotopic (exact) mass is 274 g/mol. The molecule has 0 N–H and O–H groups in total. The quantitative estimate of drug-likeness (QED) is 0.698. The molecule has 0 aromatic rings. The minimum absolute atomic E-state index is 0.360. The molecule has 0 amide bonds. The van der Waals surface area contributed by atoms with Gasteiger partial charge in [0.2, 0.25) is 0 Å². The van der Waals surface area contributed by atoms with E-state index in [9.17, 15) is 0 Å². The van der Waals surface area contributed by atoms with Crippen molar-refractivity contribution >= 4 is 16.6 Å². The summed E-state index contributed by atoms with van der Waals surface area (Å²) in [5.41, 5.74) is 0. The van der Waals surface area contributed by atoms with Crippen molar-refractivity contribution in [3.63, 3.8) is 0 Å². The fourth-order valence-corrected chi connectivity index (χ4v) is 4.86. The second-order valence-corrected chi connectivity index (χ2v) is 16.2. The van der Waals surface area contributed by atoms with Crippen LogP contribution in [0.1, 0.15) is 26.2 Å². The predicted molar refractivity (Wildman–Crippen MR) is 79.5 cm³/mol. The zero-order chi connectivity index (χ0) is 13.3. The van der Waals surface area contributed by atoms with Gasteiger partial charge in [-0.25, -0.2) is 0 Å². The van der Waals surface area contributed by atoms with E-state index in [-0.39, 0.29) is 0 Å². The summed E-state index contributed by atoms with van der Waals surface area (Å²) in [6.45, 7) is 15.9. The summed E-state index contributed by atoms with van der Waals surface area (Å²) in [5.74, 6) is 0.803. The van der Waals surface area contributed by atoms with E-state index in [0.717, 1.165) is 5.92 Å². The topological polar surface area (TPSA) is 18.5 Å². The number of hydrogen-bond acceptors (Lipinski definition) is 2. The van der Waals surface area contributed by atoms with Crippen LogP contribution >= 0.6 is 0 Å².